The molecule has 2 N–H and O–H groups in total. The summed E-state index contributed by atoms with van der Waals surface area (Å²) in [4.78, 5) is 10.5. The van der Waals surface area contributed by atoms with Crippen LogP contribution in [0.3, 0.4) is 0 Å². The molecule has 13 heavy (non-hydrogen) atoms. The zero-order valence-electron chi connectivity index (χ0n) is 7.07. The van der Waals surface area contributed by atoms with Crippen LogP contribution in [0.25, 0.3) is 0 Å². The molecule has 0 aliphatic rings. The van der Waals surface area contributed by atoms with Crippen molar-refractivity contribution in [2.24, 2.45) is 0 Å². The number of carbonyl (C=O) groups excluding carboxylic acids is 1. The van der Waals surface area contributed by atoms with Crippen molar-refractivity contribution in [3.63, 3.8) is 0 Å². The highest BCUT2D eigenvalue weighted by Gasteiger charge is 2.16. The molecule has 0 bridgehead atoms. The Morgan fingerprint density at radius 1 is 1.62 bits per heavy atom. The summed E-state index contributed by atoms with van der Waals surface area (Å²) in [5.41, 5.74) is 0. The Labute approximate surface area is 75.9 Å². The Kier molecular flexibility index (Phi) is 4.16. The van der Waals surface area contributed by atoms with Crippen LogP contribution in [0, 0.1) is 11.3 Å². The van der Waals surface area contributed by atoms with Crippen molar-refractivity contribution in [3.8, 4) is 6.07 Å². The summed E-state index contributed by atoms with van der Waals surface area (Å²) in [6.07, 6.45) is -1.11. The minimum absolute atomic E-state index is 0.915. The minimum Gasteiger partial charge on any atom is -0.452 e. The topological polar surface area (TPSA) is 108 Å². The lowest BCUT2D eigenvalue weighted by Gasteiger charge is -2.07. The van der Waals surface area contributed by atoms with Crippen molar-refractivity contribution in [1.29, 1.82) is 5.26 Å². The molecule has 8 heteroatoms. The van der Waals surface area contributed by atoms with Crippen LogP contribution in [-0.4, -0.2) is 27.7 Å². The number of nitrogens with zero attached hydrogens (tertiary/aromatic N) is 1. The lowest BCUT2D eigenvalue weighted by Crippen LogP contribution is -2.43. The predicted molar refractivity (Wildman–Crippen MR) is 42.7 cm³/mol. The molecule has 0 saturated carbocycles. The van der Waals surface area contributed by atoms with Gasteiger partial charge in [-0.1, -0.05) is 0 Å². The summed E-state index contributed by atoms with van der Waals surface area (Å²) in [6, 6.07) is 0.715. The molecule has 0 rings (SSSR count). The van der Waals surface area contributed by atoms with Crippen molar-refractivity contribution in [2.45, 2.75) is 13.0 Å². The molecule has 0 aromatic heterocycles. The fraction of sp³-hybridized carbons (Fsp3) is 0.600. The molecule has 1 amide bonds. The molecule has 74 valence electrons. The molecule has 0 heterocycles. The lowest BCUT2D eigenvalue weighted by molar-refractivity contribution is 0.177. The van der Waals surface area contributed by atoms with Crippen molar-refractivity contribution in [3.05, 3.63) is 0 Å². The lowest BCUT2D eigenvalue weighted by atomic mass is 10.4. The fourth-order valence-electron chi connectivity index (χ4n) is 0.440. The van der Waals surface area contributed by atoms with Gasteiger partial charge in [0.2, 0.25) is 0 Å². The average molecular weight is 207 g/mol. The van der Waals surface area contributed by atoms with E-state index < -0.39 is 22.3 Å². The first-order chi connectivity index (χ1) is 5.91. The highest BCUT2D eigenvalue weighted by molar-refractivity contribution is 7.88. The summed E-state index contributed by atoms with van der Waals surface area (Å²) >= 11 is 0. The number of rotatable bonds is 3. The third-order valence-corrected chi connectivity index (χ3v) is 2.03. The van der Waals surface area contributed by atoms with Crippen LogP contribution >= 0.6 is 0 Å². The summed E-state index contributed by atoms with van der Waals surface area (Å²) in [6.45, 7) is 1.33. The number of nitriles is 1. The average Bonchev–Trinajstić information content (AvgIpc) is 2.02. The zero-order chi connectivity index (χ0) is 10.5. The third-order valence-electron chi connectivity index (χ3n) is 0.929. The molecule has 0 radical (unpaired) electrons. The molecular weight excluding hydrogens is 198 g/mol. The maximum atomic E-state index is 10.9. The van der Waals surface area contributed by atoms with E-state index in [1.54, 1.807) is 6.07 Å². The normalized spacial score (nSPS) is 12.7. The van der Waals surface area contributed by atoms with E-state index in [1.165, 1.54) is 11.6 Å². The van der Waals surface area contributed by atoms with Crippen LogP contribution in [0.2, 0.25) is 0 Å². The molecule has 0 aromatic carbocycles. The minimum atomic E-state index is -4.00. The van der Waals surface area contributed by atoms with Gasteiger partial charge in [-0.2, -0.15) is 18.4 Å². The number of methoxy groups -OCH3 is 1. The summed E-state index contributed by atoms with van der Waals surface area (Å²) in [5, 5.41) is 8.27. The molecule has 0 spiro atoms. The molecule has 0 aromatic rings. The monoisotopic (exact) mass is 207 g/mol. The first-order valence-electron chi connectivity index (χ1n) is 3.19. The molecule has 0 aliphatic carbocycles. The van der Waals surface area contributed by atoms with Gasteiger partial charge in [-0.25, -0.2) is 9.52 Å². The summed E-state index contributed by atoms with van der Waals surface area (Å²) in [5.74, 6) is 0. The molecule has 0 fully saturated rings. The van der Waals surface area contributed by atoms with E-state index in [0.29, 0.717) is 0 Å². The Hall–Kier alpha value is -1.33. The van der Waals surface area contributed by atoms with Gasteiger partial charge < -0.3 is 4.74 Å². The van der Waals surface area contributed by atoms with Gasteiger partial charge in [-0.05, 0) is 6.92 Å². The van der Waals surface area contributed by atoms with E-state index in [0.717, 1.165) is 7.11 Å². The second kappa shape index (κ2) is 4.64. The second-order valence-electron chi connectivity index (χ2n) is 2.07. The van der Waals surface area contributed by atoms with Crippen molar-refractivity contribution < 1.29 is 17.9 Å². The number of amides is 1. The van der Waals surface area contributed by atoms with Gasteiger partial charge in [0.05, 0.1) is 13.2 Å². The van der Waals surface area contributed by atoms with Gasteiger partial charge in [-0.3, -0.25) is 0 Å². The molecule has 1 unspecified atom stereocenters. The third kappa shape index (κ3) is 5.00. The first kappa shape index (κ1) is 11.7. The van der Waals surface area contributed by atoms with E-state index in [1.807, 2.05) is 4.72 Å². The van der Waals surface area contributed by atoms with E-state index in [9.17, 15) is 13.2 Å². The zero-order valence-corrected chi connectivity index (χ0v) is 7.88. The van der Waals surface area contributed by atoms with Crippen molar-refractivity contribution >= 4 is 16.3 Å². The number of carbonyl (C=O) groups is 1. The SMILES string of the molecule is COC(=O)NS(=O)(=O)NC(C)C#N. The van der Waals surface area contributed by atoms with Crippen LogP contribution in [0.5, 0.6) is 0 Å². The van der Waals surface area contributed by atoms with Gasteiger partial charge >= 0.3 is 16.3 Å². The van der Waals surface area contributed by atoms with Crippen LogP contribution in [-0.2, 0) is 14.9 Å². The number of hydrogen-bond acceptors (Lipinski definition) is 5. The number of hydrogen-bond donors (Lipinski definition) is 2. The highest BCUT2D eigenvalue weighted by atomic mass is 32.2. The van der Waals surface area contributed by atoms with E-state index >= 15 is 0 Å². The van der Waals surface area contributed by atoms with Gasteiger partial charge in [0, 0.05) is 0 Å². The Bertz CT molecular complexity index is 317. The Morgan fingerprint density at radius 3 is 2.54 bits per heavy atom. The number of ether oxygens (including phenoxy) is 1. The van der Waals surface area contributed by atoms with Crippen LogP contribution in [0.4, 0.5) is 4.79 Å². The first-order valence-corrected chi connectivity index (χ1v) is 4.67. The number of nitrogens with one attached hydrogen (secondary N) is 2. The van der Waals surface area contributed by atoms with Crippen LogP contribution in [0.15, 0.2) is 0 Å². The van der Waals surface area contributed by atoms with E-state index in [2.05, 4.69) is 4.74 Å². The molecular formula is C5H9N3O4S. The molecule has 1 atom stereocenters. The Morgan fingerprint density at radius 2 is 2.15 bits per heavy atom. The van der Waals surface area contributed by atoms with Crippen LogP contribution < -0.4 is 9.44 Å². The summed E-state index contributed by atoms with van der Waals surface area (Å²) < 4.78 is 29.2. The van der Waals surface area contributed by atoms with Gasteiger partial charge in [-0.15, -0.1) is 0 Å². The second-order valence-corrected chi connectivity index (χ2v) is 3.51. The van der Waals surface area contributed by atoms with Crippen molar-refractivity contribution in [2.75, 3.05) is 7.11 Å². The molecule has 0 saturated heterocycles. The fourth-order valence-corrected chi connectivity index (χ4v) is 1.32. The maximum absolute atomic E-state index is 10.9. The van der Waals surface area contributed by atoms with Gasteiger partial charge in [0.15, 0.2) is 0 Å². The van der Waals surface area contributed by atoms with Crippen molar-refractivity contribution in [1.82, 2.24) is 9.44 Å². The standard InChI is InChI=1S/C5H9N3O4S/c1-4(3-6)7-13(10,11)8-5(9)12-2/h4,7H,1-2H3,(H,8,9). The highest BCUT2D eigenvalue weighted by Crippen LogP contribution is 1.84. The smallest absolute Gasteiger partial charge is 0.421 e. The van der Waals surface area contributed by atoms with E-state index in [4.69, 9.17) is 5.26 Å². The quantitative estimate of drug-likeness (QED) is 0.622. The summed E-state index contributed by atoms with van der Waals surface area (Å²) in [7, 11) is -2.97. The van der Waals surface area contributed by atoms with Crippen LogP contribution in [0.1, 0.15) is 6.92 Å². The van der Waals surface area contributed by atoms with E-state index in [-0.39, 0.29) is 0 Å². The van der Waals surface area contributed by atoms with Gasteiger partial charge in [0.1, 0.15) is 6.04 Å². The Balaban J connectivity index is 4.28. The maximum Gasteiger partial charge on any atom is 0.421 e. The largest absolute Gasteiger partial charge is 0.452 e. The predicted octanol–water partition coefficient (Wildman–Crippen LogP) is -0.911. The van der Waals surface area contributed by atoms with Gasteiger partial charge in [0.25, 0.3) is 0 Å². The molecule has 7 nitrogen and oxygen atoms in total. The molecule has 0 aliphatic heterocycles.